The molecule has 1 aromatic heterocycles. The van der Waals surface area contributed by atoms with Gasteiger partial charge < -0.3 is 5.11 Å². The van der Waals surface area contributed by atoms with E-state index in [-0.39, 0.29) is 12.4 Å². The van der Waals surface area contributed by atoms with Crippen LogP contribution in [0, 0.1) is 5.82 Å². The topological polar surface area (TPSA) is 46.0 Å². The van der Waals surface area contributed by atoms with E-state index in [0.29, 0.717) is 23.5 Å². The summed E-state index contributed by atoms with van der Waals surface area (Å²) in [5.41, 5.74) is 1.10. The van der Waals surface area contributed by atoms with E-state index in [1.54, 1.807) is 30.5 Å². The molecule has 2 aromatic rings. The van der Waals surface area contributed by atoms with Gasteiger partial charge >= 0.3 is 0 Å². The summed E-state index contributed by atoms with van der Waals surface area (Å²) >= 11 is 0. The first-order chi connectivity index (χ1) is 7.79. The minimum Gasteiger partial charge on any atom is -0.390 e. The second-order valence-corrected chi connectivity index (χ2v) is 3.39. The van der Waals surface area contributed by atoms with E-state index in [4.69, 9.17) is 5.11 Å². The summed E-state index contributed by atoms with van der Waals surface area (Å²) in [6.45, 7) is -0.132. The molecule has 16 heavy (non-hydrogen) atoms. The van der Waals surface area contributed by atoms with E-state index in [1.165, 1.54) is 6.07 Å². The quantitative estimate of drug-likeness (QED) is 0.852. The fourth-order valence-corrected chi connectivity index (χ4v) is 1.43. The Morgan fingerprint density at radius 3 is 2.75 bits per heavy atom. The molecule has 0 spiro atoms. The minimum absolute atomic E-state index is 0.132. The standard InChI is InChI=1S/C12H11FN2O/c13-11-4-2-1-3-9(11)7-12-14-6-5-10(8-16)15-12/h1-6,16H,7-8H2. The monoisotopic (exact) mass is 218 g/mol. The first-order valence-corrected chi connectivity index (χ1v) is 4.94. The Morgan fingerprint density at radius 1 is 1.19 bits per heavy atom. The van der Waals surface area contributed by atoms with Gasteiger partial charge in [0.05, 0.1) is 12.3 Å². The lowest BCUT2D eigenvalue weighted by atomic mass is 10.1. The molecule has 82 valence electrons. The Morgan fingerprint density at radius 2 is 2.00 bits per heavy atom. The van der Waals surface area contributed by atoms with Crippen molar-refractivity contribution in [1.82, 2.24) is 9.97 Å². The third-order valence-corrected chi connectivity index (χ3v) is 2.23. The molecule has 1 aromatic carbocycles. The van der Waals surface area contributed by atoms with Crippen molar-refractivity contribution in [2.24, 2.45) is 0 Å². The van der Waals surface area contributed by atoms with Crippen molar-refractivity contribution in [3.05, 3.63) is 59.4 Å². The zero-order valence-electron chi connectivity index (χ0n) is 8.60. The van der Waals surface area contributed by atoms with Gasteiger partial charge in [-0.05, 0) is 17.7 Å². The van der Waals surface area contributed by atoms with Gasteiger partial charge in [-0.2, -0.15) is 0 Å². The lowest BCUT2D eigenvalue weighted by Gasteiger charge is -2.03. The highest BCUT2D eigenvalue weighted by atomic mass is 19.1. The number of hydrogen-bond acceptors (Lipinski definition) is 3. The van der Waals surface area contributed by atoms with Gasteiger partial charge in [0.2, 0.25) is 0 Å². The molecule has 1 N–H and O–H groups in total. The number of aliphatic hydroxyl groups excluding tert-OH is 1. The Bertz CT molecular complexity index is 488. The van der Waals surface area contributed by atoms with E-state index in [0.717, 1.165) is 0 Å². The van der Waals surface area contributed by atoms with Gasteiger partial charge in [0.1, 0.15) is 11.6 Å². The third-order valence-electron chi connectivity index (χ3n) is 2.23. The van der Waals surface area contributed by atoms with Crippen molar-refractivity contribution in [2.45, 2.75) is 13.0 Å². The van der Waals surface area contributed by atoms with E-state index in [1.807, 2.05) is 0 Å². The first-order valence-electron chi connectivity index (χ1n) is 4.94. The summed E-state index contributed by atoms with van der Waals surface area (Å²) in [5, 5.41) is 8.92. The summed E-state index contributed by atoms with van der Waals surface area (Å²) < 4.78 is 13.4. The van der Waals surface area contributed by atoms with E-state index in [9.17, 15) is 4.39 Å². The van der Waals surface area contributed by atoms with Crippen LogP contribution in [-0.2, 0) is 13.0 Å². The second-order valence-electron chi connectivity index (χ2n) is 3.39. The largest absolute Gasteiger partial charge is 0.390 e. The number of halogens is 1. The van der Waals surface area contributed by atoms with Gasteiger partial charge in [0.15, 0.2) is 0 Å². The van der Waals surface area contributed by atoms with Crippen LogP contribution in [0.5, 0.6) is 0 Å². The maximum Gasteiger partial charge on any atom is 0.133 e. The van der Waals surface area contributed by atoms with Gasteiger partial charge in [-0.1, -0.05) is 18.2 Å². The fraction of sp³-hybridized carbons (Fsp3) is 0.167. The fourth-order valence-electron chi connectivity index (χ4n) is 1.43. The lowest BCUT2D eigenvalue weighted by Crippen LogP contribution is -2.01. The SMILES string of the molecule is OCc1ccnc(Cc2ccccc2F)n1. The Hall–Kier alpha value is -1.81. The maximum atomic E-state index is 13.4. The highest BCUT2D eigenvalue weighted by Crippen LogP contribution is 2.10. The molecule has 0 amide bonds. The smallest absolute Gasteiger partial charge is 0.133 e. The van der Waals surface area contributed by atoms with Crippen LogP contribution < -0.4 is 0 Å². The Balaban J connectivity index is 2.24. The Kier molecular flexibility index (Phi) is 3.22. The first kappa shape index (κ1) is 10.7. The lowest BCUT2D eigenvalue weighted by molar-refractivity contribution is 0.276. The van der Waals surface area contributed by atoms with Crippen molar-refractivity contribution in [2.75, 3.05) is 0 Å². The number of rotatable bonds is 3. The summed E-state index contributed by atoms with van der Waals surface area (Å²) in [4.78, 5) is 8.13. The van der Waals surface area contributed by atoms with Crippen LogP contribution >= 0.6 is 0 Å². The van der Waals surface area contributed by atoms with Crippen LogP contribution in [0.1, 0.15) is 17.1 Å². The predicted molar refractivity (Wildman–Crippen MR) is 57.2 cm³/mol. The molecule has 0 saturated carbocycles. The van der Waals surface area contributed by atoms with Crippen molar-refractivity contribution >= 4 is 0 Å². The van der Waals surface area contributed by atoms with Gasteiger partial charge in [-0.15, -0.1) is 0 Å². The molecule has 4 heteroatoms. The number of benzene rings is 1. The molecule has 2 rings (SSSR count). The molecule has 3 nitrogen and oxygen atoms in total. The van der Waals surface area contributed by atoms with Crippen molar-refractivity contribution in [3.63, 3.8) is 0 Å². The zero-order chi connectivity index (χ0) is 11.4. The Labute approximate surface area is 92.6 Å². The van der Waals surface area contributed by atoms with E-state index >= 15 is 0 Å². The van der Waals surface area contributed by atoms with Gasteiger partial charge in [0, 0.05) is 12.6 Å². The summed E-state index contributed by atoms with van der Waals surface area (Å²) in [7, 11) is 0. The second kappa shape index (κ2) is 4.81. The van der Waals surface area contributed by atoms with Crippen LogP contribution in [0.25, 0.3) is 0 Å². The average molecular weight is 218 g/mol. The van der Waals surface area contributed by atoms with Gasteiger partial charge in [0.25, 0.3) is 0 Å². The molecule has 0 aliphatic carbocycles. The van der Waals surface area contributed by atoms with Crippen LogP contribution in [-0.4, -0.2) is 15.1 Å². The molecule has 1 heterocycles. The number of aromatic nitrogens is 2. The average Bonchev–Trinajstić information content (AvgIpc) is 2.32. The number of nitrogens with zero attached hydrogens (tertiary/aromatic N) is 2. The van der Waals surface area contributed by atoms with Crippen LogP contribution in [0.3, 0.4) is 0 Å². The van der Waals surface area contributed by atoms with Crippen molar-refractivity contribution in [3.8, 4) is 0 Å². The third kappa shape index (κ3) is 2.41. The molecule has 0 aliphatic rings. The van der Waals surface area contributed by atoms with Crippen molar-refractivity contribution < 1.29 is 9.50 Å². The normalized spacial score (nSPS) is 10.4. The summed E-state index contributed by atoms with van der Waals surface area (Å²) in [6.07, 6.45) is 1.90. The van der Waals surface area contributed by atoms with E-state index < -0.39 is 0 Å². The molecule has 0 bridgehead atoms. The highest BCUT2D eigenvalue weighted by Gasteiger charge is 2.04. The minimum atomic E-state index is -0.263. The maximum absolute atomic E-state index is 13.4. The predicted octanol–water partition coefficient (Wildman–Crippen LogP) is 1.70. The molecule has 0 saturated heterocycles. The van der Waals surface area contributed by atoms with Gasteiger partial charge in [-0.3, -0.25) is 0 Å². The molecular formula is C12H11FN2O. The highest BCUT2D eigenvalue weighted by molar-refractivity contribution is 5.21. The van der Waals surface area contributed by atoms with Gasteiger partial charge in [-0.25, -0.2) is 14.4 Å². The number of hydrogen-bond donors (Lipinski definition) is 1. The van der Waals surface area contributed by atoms with Crippen LogP contribution in [0.15, 0.2) is 36.5 Å². The number of aliphatic hydroxyl groups is 1. The van der Waals surface area contributed by atoms with Crippen molar-refractivity contribution in [1.29, 1.82) is 0 Å². The van der Waals surface area contributed by atoms with Crippen LogP contribution in [0.4, 0.5) is 4.39 Å². The summed E-state index contributed by atoms with van der Waals surface area (Å²) in [6, 6.07) is 8.15. The molecule has 0 atom stereocenters. The zero-order valence-corrected chi connectivity index (χ0v) is 8.60. The van der Waals surface area contributed by atoms with Crippen LogP contribution in [0.2, 0.25) is 0 Å². The molecule has 0 radical (unpaired) electrons. The summed E-state index contributed by atoms with van der Waals surface area (Å²) in [5.74, 6) is 0.247. The molecule has 0 unspecified atom stereocenters. The molecule has 0 aliphatic heterocycles. The van der Waals surface area contributed by atoms with E-state index in [2.05, 4.69) is 9.97 Å². The molecular weight excluding hydrogens is 207 g/mol. The molecule has 0 fully saturated rings.